The van der Waals surface area contributed by atoms with Gasteiger partial charge in [-0.05, 0) is 24.6 Å². The SMILES string of the molecule is COC(=O)CCN(Cc1ccccc1)C(=O)COc1ccc(C)cc1. The van der Waals surface area contributed by atoms with E-state index in [1.807, 2.05) is 61.5 Å². The molecular formula is C20H23NO4. The summed E-state index contributed by atoms with van der Waals surface area (Å²) in [6, 6.07) is 17.2. The third-order valence-electron chi connectivity index (χ3n) is 3.77. The number of carbonyl (C=O) groups excluding carboxylic acids is 2. The van der Waals surface area contributed by atoms with Crippen molar-refractivity contribution in [3.8, 4) is 5.75 Å². The summed E-state index contributed by atoms with van der Waals surface area (Å²) in [5.74, 6) is 0.130. The maximum absolute atomic E-state index is 12.5. The topological polar surface area (TPSA) is 55.8 Å². The Labute approximate surface area is 148 Å². The van der Waals surface area contributed by atoms with Gasteiger partial charge in [-0.25, -0.2) is 0 Å². The Hall–Kier alpha value is -2.82. The number of nitrogens with zero attached hydrogens (tertiary/aromatic N) is 1. The van der Waals surface area contributed by atoms with Crippen molar-refractivity contribution in [3.05, 3.63) is 65.7 Å². The van der Waals surface area contributed by atoms with E-state index in [1.54, 1.807) is 4.90 Å². The zero-order valence-corrected chi connectivity index (χ0v) is 14.6. The highest BCUT2D eigenvalue weighted by molar-refractivity contribution is 5.78. The van der Waals surface area contributed by atoms with Gasteiger partial charge in [0.2, 0.25) is 0 Å². The lowest BCUT2D eigenvalue weighted by Crippen LogP contribution is -2.36. The predicted octanol–water partition coefficient (Wildman–Crippen LogP) is 2.97. The molecule has 0 aromatic heterocycles. The first-order chi connectivity index (χ1) is 12.1. The highest BCUT2D eigenvalue weighted by atomic mass is 16.5. The van der Waals surface area contributed by atoms with E-state index in [2.05, 4.69) is 4.74 Å². The molecule has 5 heteroatoms. The van der Waals surface area contributed by atoms with Gasteiger partial charge in [-0.15, -0.1) is 0 Å². The van der Waals surface area contributed by atoms with Crippen LogP contribution in [0.15, 0.2) is 54.6 Å². The summed E-state index contributed by atoms with van der Waals surface area (Å²) in [6.07, 6.45) is 0.152. The fourth-order valence-corrected chi connectivity index (χ4v) is 2.29. The van der Waals surface area contributed by atoms with Crippen molar-refractivity contribution in [1.29, 1.82) is 0 Å². The molecule has 1 amide bonds. The van der Waals surface area contributed by atoms with Gasteiger partial charge in [0.15, 0.2) is 6.61 Å². The number of hydrogen-bond donors (Lipinski definition) is 0. The Morgan fingerprint density at radius 2 is 1.68 bits per heavy atom. The number of esters is 1. The fourth-order valence-electron chi connectivity index (χ4n) is 2.29. The Morgan fingerprint density at radius 3 is 2.32 bits per heavy atom. The Kier molecular flexibility index (Phi) is 7.01. The lowest BCUT2D eigenvalue weighted by atomic mass is 10.2. The molecule has 0 radical (unpaired) electrons. The number of aryl methyl sites for hydroxylation is 1. The molecule has 25 heavy (non-hydrogen) atoms. The van der Waals surface area contributed by atoms with E-state index in [0.29, 0.717) is 12.3 Å². The van der Waals surface area contributed by atoms with Gasteiger partial charge in [-0.2, -0.15) is 0 Å². The summed E-state index contributed by atoms with van der Waals surface area (Å²) in [6.45, 7) is 2.63. The molecule has 132 valence electrons. The molecule has 0 heterocycles. The van der Waals surface area contributed by atoms with Gasteiger partial charge in [0.25, 0.3) is 5.91 Å². The van der Waals surface area contributed by atoms with Crippen molar-refractivity contribution < 1.29 is 19.1 Å². The minimum atomic E-state index is -0.342. The van der Waals surface area contributed by atoms with Crippen LogP contribution in [0.3, 0.4) is 0 Å². The van der Waals surface area contributed by atoms with Crippen LogP contribution in [0.4, 0.5) is 0 Å². The van der Waals surface area contributed by atoms with E-state index in [-0.39, 0.29) is 31.4 Å². The van der Waals surface area contributed by atoms with Crippen molar-refractivity contribution in [2.24, 2.45) is 0 Å². The zero-order valence-electron chi connectivity index (χ0n) is 14.6. The summed E-state index contributed by atoms with van der Waals surface area (Å²) in [7, 11) is 1.34. The van der Waals surface area contributed by atoms with E-state index in [4.69, 9.17) is 4.74 Å². The van der Waals surface area contributed by atoms with E-state index in [1.165, 1.54) is 7.11 Å². The Morgan fingerprint density at radius 1 is 1.00 bits per heavy atom. The van der Waals surface area contributed by atoms with E-state index < -0.39 is 0 Å². The quantitative estimate of drug-likeness (QED) is 0.693. The molecule has 0 aliphatic carbocycles. The fraction of sp³-hybridized carbons (Fsp3) is 0.300. The van der Waals surface area contributed by atoms with Gasteiger partial charge in [0.05, 0.1) is 13.5 Å². The Bertz CT molecular complexity index is 683. The zero-order chi connectivity index (χ0) is 18.1. The highest BCUT2D eigenvalue weighted by Crippen LogP contribution is 2.12. The van der Waals surface area contributed by atoms with Crippen LogP contribution in [0, 0.1) is 6.92 Å². The average Bonchev–Trinajstić information content (AvgIpc) is 2.64. The number of ether oxygens (including phenoxy) is 2. The minimum Gasteiger partial charge on any atom is -0.484 e. The summed E-state index contributed by atoms with van der Waals surface area (Å²) in [5, 5.41) is 0. The van der Waals surface area contributed by atoms with Crippen LogP contribution in [0.2, 0.25) is 0 Å². The number of benzene rings is 2. The van der Waals surface area contributed by atoms with Crippen LogP contribution in [-0.2, 0) is 20.9 Å². The predicted molar refractivity (Wildman–Crippen MR) is 95.2 cm³/mol. The highest BCUT2D eigenvalue weighted by Gasteiger charge is 2.16. The first-order valence-corrected chi connectivity index (χ1v) is 8.16. The molecule has 0 unspecified atom stereocenters. The second kappa shape index (κ2) is 9.47. The first kappa shape index (κ1) is 18.5. The number of rotatable bonds is 8. The van der Waals surface area contributed by atoms with Gasteiger partial charge in [-0.3, -0.25) is 9.59 Å². The maximum atomic E-state index is 12.5. The van der Waals surface area contributed by atoms with Gasteiger partial charge >= 0.3 is 5.97 Å². The average molecular weight is 341 g/mol. The van der Waals surface area contributed by atoms with Crippen LogP contribution in [0.5, 0.6) is 5.75 Å². The van der Waals surface area contributed by atoms with Gasteiger partial charge in [-0.1, -0.05) is 48.0 Å². The number of methoxy groups -OCH3 is 1. The van der Waals surface area contributed by atoms with E-state index >= 15 is 0 Å². The van der Waals surface area contributed by atoms with E-state index in [0.717, 1.165) is 11.1 Å². The second-order valence-electron chi connectivity index (χ2n) is 5.73. The minimum absolute atomic E-state index is 0.0724. The molecule has 0 aliphatic rings. The number of carbonyl (C=O) groups is 2. The number of hydrogen-bond acceptors (Lipinski definition) is 4. The summed E-state index contributed by atoms with van der Waals surface area (Å²) < 4.78 is 10.2. The molecule has 5 nitrogen and oxygen atoms in total. The Balaban J connectivity index is 1.97. The molecule has 0 aliphatic heterocycles. The molecule has 0 atom stereocenters. The molecule has 0 N–H and O–H groups in total. The van der Waals surface area contributed by atoms with Gasteiger partial charge in [0, 0.05) is 13.1 Å². The summed E-state index contributed by atoms with van der Waals surface area (Å²) in [4.78, 5) is 25.6. The molecule has 0 spiro atoms. The lowest BCUT2D eigenvalue weighted by molar-refractivity contribution is -0.142. The molecule has 0 fully saturated rings. The van der Waals surface area contributed by atoms with Crippen LogP contribution < -0.4 is 4.74 Å². The van der Waals surface area contributed by atoms with Crippen molar-refractivity contribution in [3.63, 3.8) is 0 Å². The second-order valence-corrected chi connectivity index (χ2v) is 5.73. The van der Waals surface area contributed by atoms with Gasteiger partial charge in [0.1, 0.15) is 5.75 Å². The molecule has 0 saturated carbocycles. The van der Waals surface area contributed by atoms with Crippen molar-refractivity contribution >= 4 is 11.9 Å². The molecule has 2 aromatic rings. The van der Waals surface area contributed by atoms with Crippen molar-refractivity contribution in [1.82, 2.24) is 4.90 Å². The van der Waals surface area contributed by atoms with Gasteiger partial charge < -0.3 is 14.4 Å². The third-order valence-corrected chi connectivity index (χ3v) is 3.77. The van der Waals surface area contributed by atoms with Crippen LogP contribution in [0.1, 0.15) is 17.5 Å². The lowest BCUT2D eigenvalue weighted by Gasteiger charge is -2.22. The van der Waals surface area contributed by atoms with Crippen LogP contribution in [-0.4, -0.2) is 37.0 Å². The standard InChI is InChI=1S/C20H23NO4/c1-16-8-10-18(11-9-16)25-15-19(22)21(13-12-20(23)24-2)14-17-6-4-3-5-7-17/h3-11H,12-15H2,1-2H3. The molecule has 0 saturated heterocycles. The summed E-state index contributed by atoms with van der Waals surface area (Å²) >= 11 is 0. The molecule has 2 rings (SSSR count). The third kappa shape index (κ3) is 6.30. The van der Waals surface area contributed by atoms with Crippen LogP contribution in [0.25, 0.3) is 0 Å². The smallest absolute Gasteiger partial charge is 0.307 e. The monoisotopic (exact) mass is 341 g/mol. The molecule has 0 bridgehead atoms. The van der Waals surface area contributed by atoms with Crippen molar-refractivity contribution in [2.45, 2.75) is 19.9 Å². The summed E-state index contributed by atoms with van der Waals surface area (Å²) in [5.41, 5.74) is 2.12. The normalized spacial score (nSPS) is 10.2. The van der Waals surface area contributed by atoms with Crippen LogP contribution >= 0.6 is 0 Å². The first-order valence-electron chi connectivity index (χ1n) is 8.16. The largest absolute Gasteiger partial charge is 0.484 e. The maximum Gasteiger partial charge on any atom is 0.307 e. The number of amides is 1. The molecular weight excluding hydrogens is 318 g/mol. The van der Waals surface area contributed by atoms with Crippen molar-refractivity contribution in [2.75, 3.05) is 20.3 Å². The molecule has 2 aromatic carbocycles. The van der Waals surface area contributed by atoms with E-state index in [9.17, 15) is 9.59 Å².